The van der Waals surface area contributed by atoms with Crippen molar-refractivity contribution >= 4 is 8.80 Å². The number of nitrogens with zero attached hydrogens (tertiary/aromatic N) is 2. The number of imidazole rings is 1. The summed E-state index contributed by atoms with van der Waals surface area (Å²) in [5.41, 5.74) is 1.16. The predicted molar refractivity (Wildman–Crippen MR) is 82.2 cm³/mol. The van der Waals surface area contributed by atoms with Crippen molar-refractivity contribution in [2.24, 2.45) is 0 Å². The summed E-state index contributed by atoms with van der Waals surface area (Å²) in [6, 6.07) is 11.1. The standard InChI is InChI=1S/C15H23N2O3Si/c1-18-21(19-2,20-3)13-7-10-16-11-12-17(14-16)15-8-5-4-6-9-15/h4-6,8-9,11-12,14H,7,10,13H2,1-3H3/q+1. The maximum absolute atomic E-state index is 5.43. The highest BCUT2D eigenvalue weighted by atomic mass is 28.4. The van der Waals surface area contributed by atoms with Crippen LogP contribution in [0.1, 0.15) is 6.42 Å². The Kier molecular flexibility index (Phi) is 5.69. The molecule has 0 amide bonds. The largest absolute Gasteiger partial charge is 0.500 e. The van der Waals surface area contributed by atoms with Crippen molar-refractivity contribution in [3.63, 3.8) is 0 Å². The molecule has 0 saturated carbocycles. The van der Waals surface area contributed by atoms with Crippen molar-refractivity contribution in [2.75, 3.05) is 21.3 Å². The molecule has 0 unspecified atom stereocenters. The van der Waals surface area contributed by atoms with E-state index in [9.17, 15) is 0 Å². The van der Waals surface area contributed by atoms with Crippen LogP contribution in [0.5, 0.6) is 0 Å². The van der Waals surface area contributed by atoms with E-state index in [0.29, 0.717) is 0 Å². The third kappa shape index (κ3) is 4.01. The van der Waals surface area contributed by atoms with E-state index in [0.717, 1.165) is 24.7 Å². The molecule has 1 heterocycles. The molecular weight excluding hydrogens is 284 g/mol. The molecule has 0 N–H and O–H groups in total. The molecule has 114 valence electrons. The SMILES string of the molecule is CO[Si](CCC[n+]1ccn(-c2ccccc2)c1)(OC)OC. The third-order valence-electron chi connectivity index (χ3n) is 3.58. The Morgan fingerprint density at radius 3 is 2.33 bits per heavy atom. The number of para-hydroxylation sites is 1. The molecule has 0 aliphatic rings. The van der Waals surface area contributed by atoms with Crippen LogP contribution in [0.2, 0.25) is 6.04 Å². The lowest BCUT2D eigenvalue weighted by Crippen LogP contribution is -2.43. The van der Waals surface area contributed by atoms with Gasteiger partial charge in [0.1, 0.15) is 18.1 Å². The van der Waals surface area contributed by atoms with Crippen molar-refractivity contribution in [3.8, 4) is 5.69 Å². The molecule has 0 fully saturated rings. The van der Waals surface area contributed by atoms with Crippen LogP contribution in [0, 0.1) is 0 Å². The zero-order chi connectivity index (χ0) is 15.1. The van der Waals surface area contributed by atoms with Crippen LogP contribution in [0.4, 0.5) is 0 Å². The van der Waals surface area contributed by atoms with Crippen molar-refractivity contribution < 1.29 is 17.8 Å². The highest BCUT2D eigenvalue weighted by molar-refractivity contribution is 6.60. The zero-order valence-corrected chi connectivity index (χ0v) is 13.9. The van der Waals surface area contributed by atoms with Gasteiger partial charge in [-0.2, -0.15) is 0 Å². The molecule has 2 aromatic rings. The van der Waals surface area contributed by atoms with Crippen molar-refractivity contribution in [2.45, 2.75) is 19.0 Å². The van der Waals surface area contributed by atoms with Gasteiger partial charge in [0.25, 0.3) is 0 Å². The Bertz CT molecular complexity index is 533. The fraction of sp³-hybridized carbons (Fsp3) is 0.400. The van der Waals surface area contributed by atoms with E-state index in [-0.39, 0.29) is 0 Å². The smallest absolute Gasteiger partial charge is 0.377 e. The van der Waals surface area contributed by atoms with E-state index in [1.165, 1.54) is 0 Å². The summed E-state index contributed by atoms with van der Waals surface area (Å²) in [5.74, 6) is 0. The van der Waals surface area contributed by atoms with Crippen LogP contribution >= 0.6 is 0 Å². The minimum absolute atomic E-state index is 0.806. The molecule has 5 nitrogen and oxygen atoms in total. The minimum atomic E-state index is -2.45. The molecule has 0 aliphatic heterocycles. The highest BCUT2D eigenvalue weighted by Crippen LogP contribution is 2.14. The lowest BCUT2D eigenvalue weighted by Gasteiger charge is -2.23. The van der Waals surface area contributed by atoms with Gasteiger partial charge < -0.3 is 13.3 Å². The number of hydrogen-bond donors (Lipinski definition) is 0. The lowest BCUT2D eigenvalue weighted by atomic mass is 10.3. The average Bonchev–Trinajstić information content (AvgIpc) is 3.02. The lowest BCUT2D eigenvalue weighted by molar-refractivity contribution is -0.696. The molecule has 0 aliphatic carbocycles. The van der Waals surface area contributed by atoms with E-state index < -0.39 is 8.80 Å². The predicted octanol–water partition coefficient (Wildman–Crippen LogP) is 2.03. The summed E-state index contributed by atoms with van der Waals surface area (Å²) >= 11 is 0. The van der Waals surface area contributed by atoms with Gasteiger partial charge >= 0.3 is 8.80 Å². The molecule has 0 spiro atoms. The van der Waals surface area contributed by atoms with E-state index in [1.54, 1.807) is 21.3 Å². The highest BCUT2D eigenvalue weighted by Gasteiger charge is 2.37. The number of aryl methyl sites for hydroxylation is 1. The molecule has 0 bridgehead atoms. The Labute approximate surface area is 127 Å². The van der Waals surface area contributed by atoms with Gasteiger partial charge in [0.2, 0.25) is 6.33 Å². The second-order valence-electron chi connectivity index (χ2n) is 4.79. The van der Waals surface area contributed by atoms with Crippen molar-refractivity contribution in [1.29, 1.82) is 0 Å². The summed E-state index contributed by atoms with van der Waals surface area (Å²) in [6.07, 6.45) is 7.17. The topological polar surface area (TPSA) is 36.5 Å². The number of hydrogen-bond acceptors (Lipinski definition) is 3. The first-order valence-corrected chi connectivity index (χ1v) is 8.94. The van der Waals surface area contributed by atoms with Crippen LogP contribution in [-0.4, -0.2) is 34.7 Å². The first kappa shape index (κ1) is 15.9. The normalized spacial score (nSPS) is 11.8. The first-order valence-electron chi connectivity index (χ1n) is 7.01. The molecule has 0 atom stereocenters. The third-order valence-corrected chi connectivity index (χ3v) is 6.41. The average molecular weight is 307 g/mol. The molecule has 2 rings (SSSR count). The number of aromatic nitrogens is 2. The molecule has 6 heteroatoms. The number of rotatable bonds is 8. The second kappa shape index (κ2) is 7.51. The quantitative estimate of drug-likeness (QED) is 0.553. The van der Waals surface area contributed by atoms with E-state index in [1.807, 2.05) is 18.2 Å². The monoisotopic (exact) mass is 307 g/mol. The van der Waals surface area contributed by atoms with Gasteiger partial charge in [-0.15, -0.1) is 0 Å². The summed E-state index contributed by atoms with van der Waals surface area (Å²) in [5, 5.41) is 0. The van der Waals surface area contributed by atoms with Crippen LogP contribution in [0.25, 0.3) is 5.69 Å². The van der Waals surface area contributed by atoms with E-state index in [4.69, 9.17) is 13.3 Å². The number of benzene rings is 1. The van der Waals surface area contributed by atoms with Crippen LogP contribution < -0.4 is 4.57 Å². The molecule has 21 heavy (non-hydrogen) atoms. The fourth-order valence-corrected chi connectivity index (χ4v) is 4.02. The van der Waals surface area contributed by atoms with Gasteiger partial charge in [0.05, 0.1) is 6.54 Å². The Balaban J connectivity index is 1.92. The molecule has 1 aromatic carbocycles. The summed E-state index contributed by atoms with van der Waals surface area (Å²) in [6.45, 7) is 0.907. The van der Waals surface area contributed by atoms with E-state index in [2.05, 4.69) is 40.0 Å². The molecule has 1 aromatic heterocycles. The summed E-state index contributed by atoms with van der Waals surface area (Å²) in [7, 11) is 2.50. The summed E-state index contributed by atoms with van der Waals surface area (Å²) < 4.78 is 20.6. The van der Waals surface area contributed by atoms with Crippen LogP contribution in [0.15, 0.2) is 49.1 Å². The second-order valence-corrected chi connectivity index (χ2v) is 7.88. The van der Waals surface area contributed by atoms with Gasteiger partial charge in [0.15, 0.2) is 0 Å². The zero-order valence-electron chi connectivity index (χ0n) is 12.9. The van der Waals surface area contributed by atoms with E-state index >= 15 is 0 Å². The van der Waals surface area contributed by atoms with Gasteiger partial charge in [-0.1, -0.05) is 18.2 Å². The van der Waals surface area contributed by atoms with Crippen molar-refractivity contribution in [3.05, 3.63) is 49.1 Å². The maximum Gasteiger partial charge on any atom is 0.500 e. The fourth-order valence-electron chi connectivity index (χ4n) is 2.31. The first-order chi connectivity index (χ1) is 10.2. The van der Waals surface area contributed by atoms with Gasteiger partial charge in [-0.3, -0.25) is 0 Å². The Morgan fingerprint density at radius 2 is 1.71 bits per heavy atom. The van der Waals surface area contributed by atoms with Crippen molar-refractivity contribution in [1.82, 2.24) is 4.57 Å². The van der Waals surface area contributed by atoms with Crippen LogP contribution in [-0.2, 0) is 19.8 Å². The molecule has 0 radical (unpaired) electrons. The van der Waals surface area contributed by atoms with Crippen LogP contribution in [0.3, 0.4) is 0 Å². The Morgan fingerprint density at radius 1 is 1.05 bits per heavy atom. The summed E-state index contributed by atoms with van der Waals surface area (Å²) in [4.78, 5) is 0. The van der Waals surface area contributed by atoms with Gasteiger partial charge in [-0.25, -0.2) is 9.13 Å². The minimum Gasteiger partial charge on any atom is -0.377 e. The molecular formula is C15H23N2O3Si+. The maximum atomic E-state index is 5.43. The molecule has 0 saturated heterocycles. The van der Waals surface area contributed by atoms with Gasteiger partial charge in [0, 0.05) is 27.4 Å². The Hall–Kier alpha value is -1.47. The van der Waals surface area contributed by atoms with Gasteiger partial charge in [-0.05, 0) is 18.6 Å².